The number of fused-ring (bicyclic) bond motifs is 1. The van der Waals surface area contributed by atoms with Crippen LogP contribution in [0.15, 0.2) is 18.2 Å². The molecule has 21 heavy (non-hydrogen) atoms. The average molecular weight is 303 g/mol. The fourth-order valence-electron chi connectivity index (χ4n) is 2.49. The molecule has 1 amide bonds. The highest BCUT2D eigenvalue weighted by atomic mass is 32.1. The normalized spacial score (nSPS) is 13.3. The SMILES string of the molecule is Cc1cc(C)cc(OCC(=O)N2Cc3nc(N)sc3C2)c1. The molecule has 0 spiro atoms. The quantitative estimate of drug-likeness (QED) is 0.944. The summed E-state index contributed by atoms with van der Waals surface area (Å²) in [7, 11) is 0. The Morgan fingerprint density at radius 1 is 1.33 bits per heavy atom. The van der Waals surface area contributed by atoms with E-state index in [0.29, 0.717) is 18.2 Å². The van der Waals surface area contributed by atoms with Crippen molar-refractivity contribution in [3.8, 4) is 5.75 Å². The third kappa shape index (κ3) is 3.00. The van der Waals surface area contributed by atoms with Crippen molar-refractivity contribution in [2.45, 2.75) is 26.9 Å². The Bertz CT molecular complexity index is 652. The summed E-state index contributed by atoms with van der Waals surface area (Å²) in [4.78, 5) is 19.2. The molecule has 2 aromatic rings. The van der Waals surface area contributed by atoms with E-state index in [9.17, 15) is 4.79 Å². The van der Waals surface area contributed by atoms with Gasteiger partial charge in [0.1, 0.15) is 5.75 Å². The summed E-state index contributed by atoms with van der Waals surface area (Å²) < 4.78 is 5.61. The van der Waals surface area contributed by atoms with Crippen molar-refractivity contribution >= 4 is 22.4 Å². The number of thiazole rings is 1. The molecule has 1 aromatic heterocycles. The summed E-state index contributed by atoms with van der Waals surface area (Å²) in [5.74, 6) is 0.704. The number of hydrogen-bond donors (Lipinski definition) is 1. The lowest BCUT2D eigenvalue weighted by Gasteiger charge is -2.16. The van der Waals surface area contributed by atoms with Crippen molar-refractivity contribution in [2.75, 3.05) is 12.3 Å². The molecule has 0 fully saturated rings. The zero-order chi connectivity index (χ0) is 15.0. The number of amides is 1. The molecule has 6 heteroatoms. The topological polar surface area (TPSA) is 68.5 Å². The molecule has 0 unspecified atom stereocenters. The second-order valence-corrected chi connectivity index (χ2v) is 6.40. The van der Waals surface area contributed by atoms with Gasteiger partial charge in [0.05, 0.1) is 23.7 Å². The number of nitrogens with zero attached hydrogens (tertiary/aromatic N) is 2. The second-order valence-electron chi connectivity index (χ2n) is 5.28. The molecule has 0 bridgehead atoms. The van der Waals surface area contributed by atoms with E-state index in [1.807, 2.05) is 26.0 Å². The van der Waals surface area contributed by atoms with Crippen LogP contribution in [0, 0.1) is 13.8 Å². The van der Waals surface area contributed by atoms with Gasteiger partial charge in [0.2, 0.25) is 0 Å². The molecular formula is C15H17N3O2S. The number of carbonyl (C=O) groups excluding carboxylic acids is 1. The molecule has 1 aromatic carbocycles. The van der Waals surface area contributed by atoms with Crippen LogP contribution in [-0.4, -0.2) is 22.4 Å². The summed E-state index contributed by atoms with van der Waals surface area (Å²) in [6.45, 7) is 5.18. The molecular weight excluding hydrogens is 286 g/mol. The number of ether oxygens (including phenoxy) is 1. The lowest BCUT2D eigenvalue weighted by atomic mass is 10.1. The summed E-state index contributed by atoms with van der Waals surface area (Å²) in [5, 5.41) is 0.568. The van der Waals surface area contributed by atoms with E-state index >= 15 is 0 Å². The minimum atomic E-state index is -0.0297. The standard InChI is InChI=1S/C15H17N3O2S/c1-9-3-10(2)5-11(4-9)20-8-14(19)18-6-12-13(7-18)21-15(16)17-12/h3-5H,6-8H2,1-2H3,(H2,16,17). The average Bonchev–Trinajstić information content (AvgIpc) is 2.92. The van der Waals surface area contributed by atoms with E-state index < -0.39 is 0 Å². The van der Waals surface area contributed by atoms with Crippen molar-refractivity contribution in [3.05, 3.63) is 39.9 Å². The number of aryl methyl sites for hydroxylation is 2. The van der Waals surface area contributed by atoms with Crippen LogP contribution in [0.25, 0.3) is 0 Å². The van der Waals surface area contributed by atoms with Crippen molar-refractivity contribution in [1.29, 1.82) is 0 Å². The number of rotatable bonds is 3. The molecule has 1 aliphatic rings. The van der Waals surface area contributed by atoms with Gasteiger partial charge in [-0.15, -0.1) is 11.3 Å². The van der Waals surface area contributed by atoms with Gasteiger partial charge in [-0.1, -0.05) is 6.07 Å². The van der Waals surface area contributed by atoms with Gasteiger partial charge in [0.25, 0.3) is 5.91 Å². The van der Waals surface area contributed by atoms with E-state index in [0.717, 1.165) is 27.4 Å². The van der Waals surface area contributed by atoms with Gasteiger partial charge in [-0.3, -0.25) is 4.79 Å². The minimum Gasteiger partial charge on any atom is -0.484 e. The smallest absolute Gasteiger partial charge is 0.261 e. The third-order valence-electron chi connectivity index (χ3n) is 3.38. The largest absolute Gasteiger partial charge is 0.484 e. The van der Waals surface area contributed by atoms with Gasteiger partial charge in [-0.2, -0.15) is 0 Å². The molecule has 2 heterocycles. The summed E-state index contributed by atoms with van der Waals surface area (Å²) in [6.07, 6.45) is 0. The second kappa shape index (κ2) is 5.37. The molecule has 5 nitrogen and oxygen atoms in total. The van der Waals surface area contributed by atoms with Gasteiger partial charge >= 0.3 is 0 Å². The van der Waals surface area contributed by atoms with Crippen molar-refractivity contribution in [1.82, 2.24) is 9.88 Å². The summed E-state index contributed by atoms with van der Waals surface area (Å²) in [6, 6.07) is 5.94. The lowest BCUT2D eigenvalue weighted by Crippen LogP contribution is -2.30. The van der Waals surface area contributed by atoms with Gasteiger partial charge in [-0.05, 0) is 37.1 Å². The van der Waals surface area contributed by atoms with E-state index in [2.05, 4.69) is 11.1 Å². The van der Waals surface area contributed by atoms with E-state index in [1.165, 1.54) is 11.3 Å². The molecule has 1 aliphatic heterocycles. The maximum Gasteiger partial charge on any atom is 0.261 e. The van der Waals surface area contributed by atoms with Crippen molar-refractivity contribution < 1.29 is 9.53 Å². The lowest BCUT2D eigenvalue weighted by molar-refractivity contribution is -0.134. The number of hydrogen-bond acceptors (Lipinski definition) is 5. The van der Waals surface area contributed by atoms with Crippen molar-refractivity contribution in [3.63, 3.8) is 0 Å². The van der Waals surface area contributed by atoms with Crippen LogP contribution in [0.1, 0.15) is 21.7 Å². The highest BCUT2D eigenvalue weighted by Gasteiger charge is 2.26. The number of nitrogens with two attached hydrogens (primary N) is 1. The Morgan fingerprint density at radius 2 is 2.05 bits per heavy atom. The predicted molar refractivity (Wildman–Crippen MR) is 82.2 cm³/mol. The third-order valence-corrected chi connectivity index (χ3v) is 4.29. The van der Waals surface area contributed by atoms with Crippen LogP contribution >= 0.6 is 11.3 Å². The monoisotopic (exact) mass is 303 g/mol. The van der Waals surface area contributed by atoms with Crippen LogP contribution < -0.4 is 10.5 Å². The first-order valence-electron chi connectivity index (χ1n) is 6.74. The van der Waals surface area contributed by atoms with Crippen LogP contribution in [0.3, 0.4) is 0 Å². The first-order valence-corrected chi connectivity index (χ1v) is 7.56. The Hall–Kier alpha value is -2.08. The van der Waals surface area contributed by atoms with Crippen molar-refractivity contribution in [2.24, 2.45) is 0 Å². The molecule has 110 valence electrons. The van der Waals surface area contributed by atoms with Crippen LogP contribution in [0.5, 0.6) is 5.75 Å². The Labute approximate surface area is 127 Å². The Morgan fingerprint density at radius 3 is 2.71 bits per heavy atom. The highest BCUT2D eigenvalue weighted by molar-refractivity contribution is 7.15. The number of carbonyl (C=O) groups is 1. The zero-order valence-corrected chi connectivity index (χ0v) is 12.9. The van der Waals surface area contributed by atoms with E-state index in [-0.39, 0.29) is 12.5 Å². The predicted octanol–water partition coefficient (Wildman–Crippen LogP) is 2.26. The van der Waals surface area contributed by atoms with E-state index in [1.54, 1.807) is 4.90 Å². The number of nitrogen functional groups attached to an aromatic ring is 1. The van der Waals surface area contributed by atoms with E-state index in [4.69, 9.17) is 10.5 Å². The maximum absolute atomic E-state index is 12.2. The van der Waals surface area contributed by atoms with Gasteiger partial charge in [-0.25, -0.2) is 4.98 Å². The maximum atomic E-state index is 12.2. The van der Waals surface area contributed by atoms with Gasteiger partial charge in [0, 0.05) is 0 Å². The minimum absolute atomic E-state index is 0.0297. The summed E-state index contributed by atoms with van der Waals surface area (Å²) in [5.41, 5.74) is 8.82. The van der Waals surface area contributed by atoms with Gasteiger partial charge < -0.3 is 15.4 Å². The zero-order valence-electron chi connectivity index (χ0n) is 12.0. The Kier molecular flexibility index (Phi) is 3.55. The molecule has 0 saturated heterocycles. The number of anilines is 1. The number of benzene rings is 1. The fraction of sp³-hybridized carbons (Fsp3) is 0.333. The molecule has 2 N–H and O–H groups in total. The molecule has 0 aliphatic carbocycles. The van der Waals surface area contributed by atoms with Crippen LogP contribution in [-0.2, 0) is 17.9 Å². The summed E-state index contributed by atoms with van der Waals surface area (Å²) >= 11 is 1.45. The molecule has 0 radical (unpaired) electrons. The fourth-order valence-corrected chi connectivity index (χ4v) is 3.35. The number of aromatic nitrogens is 1. The Balaban J connectivity index is 1.59. The first-order chi connectivity index (χ1) is 10.0. The van der Waals surface area contributed by atoms with Crippen LogP contribution in [0.2, 0.25) is 0 Å². The van der Waals surface area contributed by atoms with Crippen LogP contribution in [0.4, 0.5) is 5.13 Å². The molecule has 3 rings (SSSR count). The first kappa shape index (κ1) is 13.9. The molecule has 0 atom stereocenters. The molecule has 0 saturated carbocycles. The van der Waals surface area contributed by atoms with Gasteiger partial charge in [0.15, 0.2) is 11.7 Å². The highest BCUT2D eigenvalue weighted by Crippen LogP contribution is 2.29.